The lowest BCUT2D eigenvalue weighted by Gasteiger charge is -2.40. The summed E-state index contributed by atoms with van der Waals surface area (Å²) in [7, 11) is 3.58. The van der Waals surface area contributed by atoms with Crippen LogP contribution in [0.2, 0.25) is 0 Å². The Morgan fingerprint density at radius 3 is 2.31 bits per heavy atom. The fourth-order valence-corrected chi connectivity index (χ4v) is 5.98. The third kappa shape index (κ3) is 5.64. The van der Waals surface area contributed by atoms with Crippen molar-refractivity contribution in [1.82, 2.24) is 9.80 Å². The van der Waals surface area contributed by atoms with Gasteiger partial charge in [-0.05, 0) is 42.6 Å². The van der Waals surface area contributed by atoms with Gasteiger partial charge in [-0.2, -0.15) is 0 Å². The molecule has 3 aromatic rings. The quantitative estimate of drug-likeness (QED) is 0.410. The molecule has 1 N–H and O–H groups in total. The summed E-state index contributed by atoms with van der Waals surface area (Å²) in [5.41, 5.74) is 3.54. The molecule has 1 fully saturated rings. The van der Waals surface area contributed by atoms with E-state index in [2.05, 4.69) is 4.90 Å². The van der Waals surface area contributed by atoms with Crippen LogP contribution >= 0.6 is 0 Å². The van der Waals surface area contributed by atoms with Gasteiger partial charge in [0.2, 0.25) is 5.91 Å². The van der Waals surface area contributed by atoms with E-state index in [9.17, 15) is 14.7 Å². The van der Waals surface area contributed by atoms with Crippen LogP contribution < -0.4 is 9.47 Å². The SMILES string of the molecule is COc1ccc2c(c1OCc1ccccc1)C[C@@H](C(=O)O)N(C(=O)[C@H](c1ccccc1)N(C)C1CCCC1)C2. The number of likely N-dealkylation sites (N-methyl/N-ethyl adjacent to an activating group) is 1. The normalized spacial score (nSPS) is 18.0. The number of fused-ring (bicyclic) bond motifs is 1. The molecule has 3 aromatic carbocycles. The lowest BCUT2D eigenvalue weighted by atomic mass is 9.91. The predicted molar refractivity (Wildman–Crippen MR) is 149 cm³/mol. The van der Waals surface area contributed by atoms with E-state index in [1.807, 2.05) is 79.8 Å². The summed E-state index contributed by atoms with van der Waals surface area (Å²) in [6.45, 7) is 0.523. The van der Waals surface area contributed by atoms with E-state index in [-0.39, 0.29) is 18.9 Å². The second-order valence-electron chi connectivity index (χ2n) is 10.5. The molecule has 1 aliphatic heterocycles. The molecule has 0 spiro atoms. The van der Waals surface area contributed by atoms with Gasteiger partial charge in [0.15, 0.2) is 11.5 Å². The number of carbonyl (C=O) groups is 2. The molecule has 7 heteroatoms. The van der Waals surface area contributed by atoms with Gasteiger partial charge in [0.1, 0.15) is 18.7 Å². The molecule has 0 unspecified atom stereocenters. The smallest absolute Gasteiger partial charge is 0.326 e. The van der Waals surface area contributed by atoms with Crippen LogP contribution in [0.15, 0.2) is 72.8 Å². The van der Waals surface area contributed by atoms with Crippen LogP contribution in [0.4, 0.5) is 0 Å². The first kappa shape index (κ1) is 26.8. The highest BCUT2D eigenvalue weighted by molar-refractivity contribution is 5.89. The molecule has 39 heavy (non-hydrogen) atoms. The van der Waals surface area contributed by atoms with Gasteiger partial charge in [-0.15, -0.1) is 0 Å². The van der Waals surface area contributed by atoms with Crippen molar-refractivity contribution in [2.24, 2.45) is 0 Å². The van der Waals surface area contributed by atoms with Crippen molar-refractivity contribution in [3.05, 3.63) is 95.1 Å². The van der Waals surface area contributed by atoms with Gasteiger partial charge in [0, 0.05) is 24.6 Å². The molecule has 1 heterocycles. The number of ether oxygens (including phenoxy) is 2. The zero-order valence-corrected chi connectivity index (χ0v) is 22.6. The lowest BCUT2D eigenvalue weighted by molar-refractivity contribution is -0.154. The van der Waals surface area contributed by atoms with Crippen molar-refractivity contribution in [3.63, 3.8) is 0 Å². The van der Waals surface area contributed by atoms with Crippen LogP contribution in [0.3, 0.4) is 0 Å². The van der Waals surface area contributed by atoms with Gasteiger partial charge in [-0.1, -0.05) is 79.6 Å². The maximum atomic E-state index is 14.3. The number of nitrogens with zero attached hydrogens (tertiary/aromatic N) is 2. The number of rotatable bonds is 9. The summed E-state index contributed by atoms with van der Waals surface area (Å²) in [6.07, 6.45) is 4.52. The highest BCUT2D eigenvalue weighted by Crippen LogP contribution is 2.40. The highest BCUT2D eigenvalue weighted by atomic mass is 16.5. The van der Waals surface area contributed by atoms with Crippen LogP contribution in [0.5, 0.6) is 11.5 Å². The molecule has 0 bridgehead atoms. The maximum Gasteiger partial charge on any atom is 0.326 e. The van der Waals surface area contributed by atoms with Gasteiger partial charge in [0.25, 0.3) is 0 Å². The zero-order valence-electron chi connectivity index (χ0n) is 22.6. The lowest BCUT2D eigenvalue weighted by Crippen LogP contribution is -2.53. The number of benzene rings is 3. The van der Waals surface area contributed by atoms with Crippen LogP contribution in [0.25, 0.3) is 0 Å². The number of hydrogen-bond acceptors (Lipinski definition) is 5. The Bertz CT molecular complexity index is 1290. The van der Waals surface area contributed by atoms with E-state index in [1.54, 1.807) is 12.0 Å². The van der Waals surface area contributed by atoms with Crippen LogP contribution in [-0.4, -0.2) is 53.0 Å². The molecule has 1 aliphatic carbocycles. The fraction of sp³-hybridized carbons (Fsp3) is 0.375. The molecule has 7 nitrogen and oxygen atoms in total. The second-order valence-corrected chi connectivity index (χ2v) is 10.5. The van der Waals surface area contributed by atoms with Crippen LogP contribution in [0, 0.1) is 0 Å². The van der Waals surface area contributed by atoms with E-state index >= 15 is 0 Å². The first-order valence-electron chi connectivity index (χ1n) is 13.6. The number of carbonyl (C=O) groups excluding carboxylic acids is 1. The van der Waals surface area contributed by atoms with Crippen molar-refractivity contribution in [1.29, 1.82) is 0 Å². The summed E-state index contributed by atoms with van der Waals surface area (Å²) in [6, 6.07) is 22.0. The molecule has 0 radical (unpaired) electrons. The molecule has 5 rings (SSSR count). The molecule has 1 amide bonds. The van der Waals surface area contributed by atoms with Crippen molar-refractivity contribution in [2.45, 2.75) is 63.4 Å². The minimum absolute atomic E-state index is 0.145. The predicted octanol–water partition coefficient (Wildman–Crippen LogP) is 5.23. The van der Waals surface area contributed by atoms with Gasteiger partial charge in [0.05, 0.1) is 7.11 Å². The largest absolute Gasteiger partial charge is 0.493 e. The Kier molecular flexibility index (Phi) is 8.17. The molecule has 0 saturated heterocycles. The molecule has 1 saturated carbocycles. The number of carboxylic acids is 1. The Balaban J connectivity index is 1.48. The monoisotopic (exact) mass is 528 g/mol. The summed E-state index contributed by atoms with van der Waals surface area (Å²) < 4.78 is 11.8. The molecule has 2 aliphatic rings. The van der Waals surface area contributed by atoms with Gasteiger partial charge in [-0.25, -0.2) is 4.79 Å². The first-order chi connectivity index (χ1) is 19.0. The number of carboxylic acid groups (broad SMARTS) is 1. The first-order valence-corrected chi connectivity index (χ1v) is 13.6. The Morgan fingerprint density at radius 1 is 1.00 bits per heavy atom. The molecule has 204 valence electrons. The Morgan fingerprint density at radius 2 is 1.67 bits per heavy atom. The average molecular weight is 529 g/mol. The van der Waals surface area contributed by atoms with Crippen molar-refractivity contribution >= 4 is 11.9 Å². The molecular weight excluding hydrogens is 492 g/mol. The van der Waals surface area contributed by atoms with E-state index in [4.69, 9.17) is 9.47 Å². The van der Waals surface area contributed by atoms with Gasteiger partial charge < -0.3 is 19.5 Å². The van der Waals surface area contributed by atoms with Crippen molar-refractivity contribution in [3.8, 4) is 11.5 Å². The highest BCUT2D eigenvalue weighted by Gasteiger charge is 2.42. The standard InChI is InChI=1S/C32H36N2O5/c1-33(25-15-9-10-16-25)29(23-13-7-4-8-14-23)31(35)34-20-24-17-18-28(38-2)30(26(24)19-27(34)32(36)37)39-21-22-11-5-3-6-12-22/h3-8,11-14,17-18,25,27,29H,9-10,15-16,19-21H2,1-2H3,(H,36,37)/t27-,29-/m0/s1. The summed E-state index contributed by atoms with van der Waals surface area (Å²) in [5.74, 6) is -0.117. The Hall–Kier alpha value is -3.84. The van der Waals surface area contributed by atoms with Crippen LogP contribution in [-0.2, 0) is 29.2 Å². The number of amides is 1. The van der Waals surface area contributed by atoms with Crippen molar-refractivity contribution in [2.75, 3.05) is 14.2 Å². The zero-order chi connectivity index (χ0) is 27.4. The fourth-order valence-electron chi connectivity index (χ4n) is 5.98. The number of hydrogen-bond donors (Lipinski definition) is 1. The third-order valence-electron chi connectivity index (χ3n) is 8.11. The molecular formula is C32H36N2O5. The van der Waals surface area contributed by atoms with E-state index < -0.39 is 18.1 Å². The minimum atomic E-state index is -1.03. The number of aliphatic carboxylic acids is 1. The molecule has 2 atom stereocenters. The Labute approximate surface area is 230 Å². The number of methoxy groups -OCH3 is 1. The van der Waals surface area contributed by atoms with Gasteiger partial charge >= 0.3 is 5.97 Å². The van der Waals surface area contributed by atoms with E-state index in [0.717, 1.165) is 47.9 Å². The third-order valence-corrected chi connectivity index (χ3v) is 8.11. The van der Waals surface area contributed by atoms with Gasteiger partial charge in [-0.3, -0.25) is 9.69 Å². The van der Waals surface area contributed by atoms with E-state index in [1.165, 1.54) is 0 Å². The average Bonchev–Trinajstić information content (AvgIpc) is 3.51. The molecule has 0 aromatic heterocycles. The summed E-state index contributed by atoms with van der Waals surface area (Å²) in [4.78, 5) is 30.6. The van der Waals surface area contributed by atoms with Crippen LogP contribution in [0.1, 0.15) is 54.0 Å². The summed E-state index contributed by atoms with van der Waals surface area (Å²) >= 11 is 0. The second kappa shape index (κ2) is 11.9. The van der Waals surface area contributed by atoms with E-state index in [0.29, 0.717) is 24.1 Å². The summed E-state index contributed by atoms with van der Waals surface area (Å²) in [5, 5.41) is 10.3. The van der Waals surface area contributed by atoms with Crippen molar-refractivity contribution < 1.29 is 24.2 Å². The minimum Gasteiger partial charge on any atom is -0.493 e. The maximum absolute atomic E-state index is 14.3. The topological polar surface area (TPSA) is 79.3 Å².